The molecule has 0 saturated heterocycles. The van der Waals surface area contributed by atoms with Crippen LogP contribution in [0.15, 0.2) is 33.7 Å². The summed E-state index contributed by atoms with van der Waals surface area (Å²) in [6, 6.07) is 4.08. The molecule has 106 valence electrons. The van der Waals surface area contributed by atoms with Crippen molar-refractivity contribution >= 4 is 39.3 Å². The fourth-order valence-corrected chi connectivity index (χ4v) is 2.77. The lowest BCUT2D eigenvalue weighted by atomic mass is 10.4. The van der Waals surface area contributed by atoms with Gasteiger partial charge in [0, 0.05) is 28.2 Å². The van der Waals surface area contributed by atoms with Crippen molar-refractivity contribution in [1.82, 2.24) is 9.38 Å². The van der Waals surface area contributed by atoms with E-state index in [-0.39, 0.29) is 11.3 Å². The third-order valence-corrected chi connectivity index (χ3v) is 4.10. The topological polar surface area (TPSA) is 97.7 Å². The van der Waals surface area contributed by atoms with Gasteiger partial charge in [-0.3, -0.25) is 14.0 Å². The third-order valence-electron chi connectivity index (χ3n) is 2.54. The van der Waals surface area contributed by atoms with Crippen LogP contribution in [0.4, 0.5) is 0 Å². The highest BCUT2D eigenvalue weighted by atomic mass is 79.9. The van der Waals surface area contributed by atoms with E-state index in [0.29, 0.717) is 17.1 Å². The molecule has 0 unspecified atom stereocenters. The number of halogens is 1. The minimum atomic E-state index is -1.03. The minimum Gasteiger partial charge on any atom is -0.480 e. The lowest BCUT2D eigenvalue weighted by Gasteiger charge is -2.06. The maximum Gasteiger partial charge on any atom is 0.321 e. The van der Waals surface area contributed by atoms with Crippen LogP contribution in [0.25, 0.3) is 5.65 Å². The number of pyridine rings is 1. The summed E-state index contributed by atoms with van der Waals surface area (Å²) in [5, 5.41) is 8.68. The highest BCUT2D eigenvalue weighted by Crippen LogP contribution is 2.13. The highest BCUT2D eigenvalue weighted by molar-refractivity contribution is 9.10. The smallest absolute Gasteiger partial charge is 0.321 e. The summed E-state index contributed by atoms with van der Waals surface area (Å²) in [7, 11) is 0. The molecule has 0 saturated carbocycles. The zero-order chi connectivity index (χ0) is 14.7. The van der Waals surface area contributed by atoms with Crippen LogP contribution < -0.4 is 11.3 Å². The molecule has 1 atom stereocenters. The van der Waals surface area contributed by atoms with Crippen LogP contribution in [-0.4, -0.2) is 32.3 Å². The van der Waals surface area contributed by atoms with Crippen molar-refractivity contribution in [2.45, 2.75) is 11.8 Å². The summed E-state index contributed by atoms with van der Waals surface area (Å²) < 4.78 is 2.24. The number of thioether (sulfide) groups is 1. The number of aliphatic carboxylic acids is 1. The molecule has 0 spiro atoms. The fourth-order valence-electron chi connectivity index (χ4n) is 1.56. The number of fused-ring (bicyclic) bond motifs is 1. The maximum atomic E-state index is 11.9. The van der Waals surface area contributed by atoms with E-state index in [1.165, 1.54) is 22.2 Å². The zero-order valence-corrected chi connectivity index (χ0v) is 12.7. The van der Waals surface area contributed by atoms with Gasteiger partial charge in [0.15, 0.2) is 0 Å². The quantitative estimate of drug-likeness (QED) is 0.831. The molecule has 0 aliphatic heterocycles. The van der Waals surface area contributed by atoms with Crippen LogP contribution in [0, 0.1) is 0 Å². The van der Waals surface area contributed by atoms with Gasteiger partial charge in [-0.2, -0.15) is 11.8 Å². The van der Waals surface area contributed by atoms with Crippen molar-refractivity contribution in [2.75, 3.05) is 5.75 Å². The lowest BCUT2D eigenvalue weighted by Crippen LogP contribution is -2.32. The normalized spacial score (nSPS) is 12.5. The molecule has 0 amide bonds. The zero-order valence-electron chi connectivity index (χ0n) is 10.3. The predicted molar refractivity (Wildman–Crippen MR) is 80.9 cm³/mol. The Morgan fingerprint density at radius 2 is 2.30 bits per heavy atom. The van der Waals surface area contributed by atoms with Gasteiger partial charge in [-0.1, -0.05) is 0 Å². The molecule has 20 heavy (non-hydrogen) atoms. The second-order valence-electron chi connectivity index (χ2n) is 4.12. The van der Waals surface area contributed by atoms with Crippen molar-refractivity contribution in [3.63, 3.8) is 0 Å². The first-order chi connectivity index (χ1) is 9.47. The summed E-state index contributed by atoms with van der Waals surface area (Å²) in [4.78, 5) is 26.9. The van der Waals surface area contributed by atoms with Gasteiger partial charge >= 0.3 is 5.97 Å². The van der Waals surface area contributed by atoms with E-state index in [9.17, 15) is 9.59 Å². The van der Waals surface area contributed by atoms with E-state index >= 15 is 0 Å². The number of rotatable bonds is 5. The Hall–Kier alpha value is -1.38. The number of hydrogen-bond donors (Lipinski definition) is 2. The van der Waals surface area contributed by atoms with Gasteiger partial charge in [0.1, 0.15) is 11.7 Å². The molecule has 2 rings (SSSR count). The molecule has 0 radical (unpaired) electrons. The fraction of sp³-hybridized carbons (Fsp3) is 0.250. The van der Waals surface area contributed by atoms with E-state index in [1.54, 1.807) is 18.3 Å². The van der Waals surface area contributed by atoms with Gasteiger partial charge < -0.3 is 10.8 Å². The molecule has 0 fully saturated rings. The van der Waals surface area contributed by atoms with Crippen molar-refractivity contribution in [3.05, 3.63) is 44.9 Å². The molecule has 6 nitrogen and oxygen atoms in total. The Morgan fingerprint density at radius 1 is 1.55 bits per heavy atom. The van der Waals surface area contributed by atoms with E-state index in [0.717, 1.165) is 4.47 Å². The first-order valence-corrected chi connectivity index (χ1v) is 7.66. The van der Waals surface area contributed by atoms with Crippen LogP contribution in [0.2, 0.25) is 0 Å². The molecular formula is C12H12BrN3O3S. The van der Waals surface area contributed by atoms with Crippen LogP contribution >= 0.6 is 27.7 Å². The molecular weight excluding hydrogens is 346 g/mol. The number of nitrogens with two attached hydrogens (primary N) is 1. The second kappa shape index (κ2) is 6.38. The number of carboxylic acid groups (broad SMARTS) is 1. The molecule has 3 N–H and O–H groups in total. The van der Waals surface area contributed by atoms with Gasteiger partial charge in [0.2, 0.25) is 0 Å². The minimum absolute atomic E-state index is 0.172. The Bertz CT molecular complexity index is 704. The van der Waals surface area contributed by atoms with Gasteiger partial charge in [-0.25, -0.2) is 4.98 Å². The lowest BCUT2D eigenvalue weighted by molar-refractivity contribution is -0.137. The Balaban J connectivity index is 2.14. The van der Waals surface area contributed by atoms with Gasteiger partial charge in [0.25, 0.3) is 5.56 Å². The number of carboxylic acids is 1. The first-order valence-electron chi connectivity index (χ1n) is 5.71. The summed E-state index contributed by atoms with van der Waals surface area (Å²) in [6.07, 6.45) is 1.65. The molecule has 0 aromatic carbocycles. The predicted octanol–water partition coefficient (Wildman–Crippen LogP) is 1.10. The van der Waals surface area contributed by atoms with Gasteiger partial charge in [-0.05, 0) is 28.1 Å². The molecule has 2 aromatic heterocycles. The summed E-state index contributed by atoms with van der Waals surface area (Å²) >= 11 is 4.63. The molecule has 8 heteroatoms. The first kappa shape index (κ1) is 15.0. The van der Waals surface area contributed by atoms with Crippen molar-refractivity contribution < 1.29 is 9.90 Å². The Morgan fingerprint density at radius 3 is 3.00 bits per heavy atom. The molecule has 0 aliphatic carbocycles. The molecule has 0 aliphatic rings. The number of nitrogens with zero attached hydrogens (tertiary/aromatic N) is 2. The summed E-state index contributed by atoms with van der Waals surface area (Å²) in [5.41, 5.74) is 6.40. The van der Waals surface area contributed by atoms with Crippen LogP contribution in [-0.2, 0) is 10.5 Å². The van der Waals surface area contributed by atoms with E-state index in [2.05, 4.69) is 20.9 Å². The average Bonchev–Trinajstić information content (AvgIpc) is 2.39. The average molecular weight is 358 g/mol. The maximum absolute atomic E-state index is 11.9. The van der Waals surface area contributed by atoms with Crippen molar-refractivity contribution in [1.29, 1.82) is 0 Å². The number of aromatic nitrogens is 2. The van der Waals surface area contributed by atoms with Gasteiger partial charge in [0.05, 0.1) is 5.69 Å². The van der Waals surface area contributed by atoms with Crippen LogP contribution in [0.1, 0.15) is 5.69 Å². The Kier molecular flexibility index (Phi) is 4.79. The molecule has 0 bridgehead atoms. The van der Waals surface area contributed by atoms with E-state index in [4.69, 9.17) is 10.8 Å². The monoisotopic (exact) mass is 357 g/mol. The van der Waals surface area contributed by atoms with Gasteiger partial charge in [-0.15, -0.1) is 0 Å². The number of carbonyl (C=O) groups is 1. The standard InChI is InChI=1S/C12H12BrN3O3S/c13-7-1-2-10-15-8(3-11(17)16(10)4-7)5-20-6-9(14)12(18)19/h1-4,9H,5-6,14H2,(H,18,19)/t9-/m0/s1. The van der Waals surface area contributed by atoms with Crippen LogP contribution in [0.3, 0.4) is 0 Å². The van der Waals surface area contributed by atoms with Crippen molar-refractivity contribution in [3.8, 4) is 0 Å². The van der Waals surface area contributed by atoms with E-state index < -0.39 is 12.0 Å². The van der Waals surface area contributed by atoms with E-state index in [1.807, 2.05) is 0 Å². The number of hydrogen-bond acceptors (Lipinski definition) is 5. The largest absolute Gasteiger partial charge is 0.480 e. The summed E-state index contributed by atoms with van der Waals surface area (Å²) in [6.45, 7) is 0. The Labute approximate surface area is 127 Å². The second-order valence-corrected chi connectivity index (χ2v) is 6.07. The third kappa shape index (κ3) is 3.59. The molecule has 2 heterocycles. The van der Waals surface area contributed by atoms with Crippen LogP contribution in [0.5, 0.6) is 0 Å². The molecule has 2 aromatic rings. The van der Waals surface area contributed by atoms with Crippen molar-refractivity contribution in [2.24, 2.45) is 5.73 Å². The SMILES string of the molecule is N[C@@H](CSCc1cc(=O)n2cc(Br)ccc2n1)C(=O)O. The summed E-state index contributed by atoms with van der Waals surface area (Å²) in [5.74, 6) is -0.312. The highest BCUT2D eigenvalue weighted by Gasteiger charge is 2.11.